The highest BCUT2D eigenvalue weighted by Crippen LogP contribution is 2.18. The standard InChI is InChI=1S/C14H19FN2O/c1-9-8-10(15)6-7-11(9)14(18)17-13-5-3-2-4-12(13)16/h6-8,12-13H,2-5,16H2,1H3,(H,17,18). The molecule has 1 aliphatic rings. The van der Waals surface area contributed by atoms with Crippen molar-refractivity contribution in [3.8, 4) is 0 Å². The van der Waals surface area contributed by atoms with Crippen molar-refractivity contribution in [3.63, 3.8) is 0 Å². The molecule has 0 bridgehead atoms. The molecule has 1 aromatic rings. The van der Waals surface area contributed by atoms with Gasteiger partial charge in [-0.15, -0.1) is 0 Å². The molecule has 1 saturated carbocycles. The van der Waals surface area contributed by atoms with Gasteiger partial charge >= 0.3 is 0 Å². The molecule has 1 amide bonds. The lowest BCUT2D eigenvalue weighted by atomic mass is 9.90. The number of hydrogen-bond donors (Lipinski definition) is 2. The molecule has 3 nitrogen and oxygen atoms in total. The first-order chi connectivity index (χ1) is 8.58. The van der Waals surface area contributed by atoms with Crippen molar-refractivity contribution in [1.29, 1.82) is 0 Å². The largest absolute Gasteiger partial charge is 0.348 e. The van der Waals surface area contributed by atoms with Gasteiger partial charge in [-0.05, 0) is 43.5 Å². The lowest BCUT2D eigenvalue weighted by Crippen LogP contribution is -2.49. The number of amides is 1. The third kappa shape index (κ3) is 2.88. The van der Waals surface area contributed by atoms with E-state index in [-0.39, 0.29) is 23.8 Å². The molecule has 18 heavy (non-hydrogen) atoms. The van der Waals surface area contributed by atoms with E-state index in [0.29, 0.717) is 11.1 Å². The van der Waals surface area contributed by atoms with Crippen LogP contribution in [0, 0.1) is 12.7 Å². The highest BCUT2D eigenvalue weighted by atomic mass is 19.1. The monoisotopic (exact) mass is 250 g/mol. The van der Waals surface area contributed by atoms with E-state index in [2.05, 4.69) is 5.32 Å². The maximum Gasteiger partial charge on any atom is 0.251 e. The van der Waals surface area contributed by atoms with Crippen LogP contribution in [-0.4, -0.2) is 18.0 Å². The van der Waals surface area contributed by atoms with Gasteiger partial charge in [-0.1, -0.05) is 12.8 Å². The third-order valence-electron chi connectivity index (χ3n) is 3.57. The number of rotatable bonds is 2. The molecule has 4 heteroatoms. The van der Waals surface area contributed by atoms with Crippen LogP contribution in [0.2, 0.25) is 0 Å². The summed E-state index contributed by atoms with van der Waals surface area (Å²) in [7, 11) is 0. The number of hydrogen-bond acceptors (Lipinski definition) is 2. The summed E-state index contributed by atoms with van der Waals surface area (Å²) < 4.78 is 13.0. The van der Waals surface area contributed by atoms with E-state index in [9.17, 15) is 9.18 Å². The smallest absolute Gasteiger partial charge is 0.251 e. The van der Waals surface area contributed by atoms with Crippen LogP contribution in [0.25, 0.3) is 0 Å². The zero-order chi connectivity index (χ0) is 13.1. The maximum absolute atomic E-state index is 13.0. The van der Waals surface area contributed by atoms with Crippen LogP contribution < -0.4 is 11.1 Å². The normalized spacial score (nSPS) is 23.7. The van der Waals surface area contributed by atoms with Crippen LogP contribution in [0.1, 0.15) is 41.6 Å². The Bertz CT molecular complexity index is 447. The average Bonchev–Trinajstić information content (AvgIpc) is 2.32. The first kappa shape index (κ1) is 13.0. The molecule has 1 fully saturated rings. The number of carbonyl (C=O) groups is 1. The fourth-order valence-corrected chi connectivity index (χ4v) is 2.47. The summed E-state index contributed by atoms with van der Waals surface area (Å²) in [5.41, 5.74) is 7.17. The fraction of sp³-hybridized carbons (Fsp3) is 0.500. The Kier molecular flexibility index (Phi) is 3.97. The number of nitrogens with two attached hydrogens (primary N) is 1. The third-order valence-corrected chi connectivity index (χ3v) is 3.57. The average molecular weight is 250 g/mol. The van der Waals surface area contributed by atoms with Crippen molar-refractivity contribution in [2.24, 2.45) is 5.73 Å². The molecule has 3 N–H and O–H groups in total. The highest BCUT2D eigenvalue weighted by Gasteiger charge is 2.24. The minimum Gasteiger partial charge on any atom is -0.348 e. The molecule has 0 saturated heterocycles. The molecule has 2 atom stereocenters. The topological polar surface area (TPSA) is 55.1 Å². The van der Waals surface area contributed by atoms with Gasteiger partial charge in [0.25, 0.3) is 5.91 Å². The van der Waals surface area contributed by atoms with Gasteiger partial charge in [0.05, 0.1) is 0 Å². The molecule has 0 aliphatic heterocycles. The molecule has 98 valence electrons. The summed E-state index contributed by atoms with van der Waals surface area (Å²) in [6, 6.07) is 4.27. The summed E-state index contributed by atoms with van der Waals surface area (Å²) in [6.45, 7) is 1.73. The zero-order valence-electron chi connectivity index (χ0n) is 10.6. The van der Waals surface area contributed by atoms with E-state index >= 15 is 0 Å². The summed E-state index contributed by atoms with van der Waals surface area (Å²) in [6.07, 6.45) is 4.10. The second kappa shape index (κ2) is 5.48. The van der Waals surface area contributed by atoms with Gasteiger partial charge in [0.15, 0.2) is 0 Å². The van der Waals surface area contributed by atoms with Crippen LogP contribution in [0.3, 0.4) is 0 Å². The van der Waals surface area contributed by atoms with Crippen LogP contribution in [0.15, 0.2) is 18.2 Å². The number of carbonyl (C=O) groups excluding carboxylic acids is 1. The molecular formula is C14H19FN2O. The lowest BCUT2D eigenvalue weighted by molar-refractivity contribution is 0.0920. The Morgan fingerprint density at radius 2 is 2.11 bits per heavy atom. The van der Waals surface area contributed by atoms with Crippen LogP contribution >= 0.6 is 0 Å². The van der Waals surface area contributed by atoms with Gasteiger partial charge in [0, 0.05) is 17.6 Å². The van der Waals surface area contributed by atoms with Crippen molar-refractivity contribution >= 4 is 5.91 Å². The van der Waals surface area contributed by atoms with Gasteiger partial charge in [-0.2, -0.15) is 0 Å². The zero-order valence-corrected chi connectivity index (χ0v) is 10.6. The molecule has 0 aromatic heterocycles. The quantitative estimate of drug-likeness (QED) is 0.845. The van der Waals surface area contributed by atoms with Gasteiger partial charge < -0.3 is 11.1 Å². The Balaban J connectivity index is 2.07. The summed E-state index contributed by atoms with van der Waals surface area (Å²) >= 11 is 0. The number of halogens is 1. The number of nitrogens with one attached hydrogen (secondary N) is 1. The molecular weight excluding hydrogens is 231 g/mol. The maximum atomic E-state index is 13.0. The summed E-state index contributed by atoms with van der Waals surface area (Å²) in [5.74, 6) is -0.478. The lowest BCUT2D eigenvalue weighted by Gasteiger charge is -2.29. The molecule has 1 aromatic carbocycles. The van der Waals surface area contributed by atoms with Crippen molar-refractivity contribution in [3.05, 3.63) is 35.1 Å². The molecule has 2 rings (SSSR count). The van der Waals surface area contributed by atoms with Crippen molar-refractivity contribution < 1.29 is 9.18 Å². The first-order valence-corrected chi connectivity index (χ1v) is 6.40. The van der Waals surface area contributed by atoms with E-state index in [1.807, 2.05) is 0 Å². The van der Waals surface area contributed by atoms with Gasteiger partial charge in [0.2, 0.25) is 0 Å². The molecule has 2 unspecified atom stereocenters. The van der Waals surface area contributed by atoms with Crippen LogP contribution in [0.5, 0.6) is 0 Å². The molecule has 0 radical (unpaired) electrons. The molecule has 0 spiro atoms. The van der Waals surface area contributed by atoms with Crippen LogP contribution in [-0.2, 0) is 0 Å². The van der Waals surface area contributed by atoms with E-state index < -0.39 is 0 Å². The van der Waals surface area contributed by atoms with E-state index in [1.165, 1.54) is 18.2 Å². The number of aryl methyl sites for hydroxylation is 1. The Morgan fingerprint density at radius 1 is 1.39 bits per heavy atom. The summed E-state index contributed by atoms with van der Waals surface area (Å²) in [4.78, 5) is 12.1. The van der Waals surface area contributed by atoms with Gasteiger partial charge in [0.1, 0.15) is 5.82 Å². The molecule has 0 heterocycles. The minimum atomic E-state index is -0.321. The Morgan fingerprint density at radius 3 is 2.78 bits per heavy atom. The number of benzene rings is 1. The predicted molar refractivity (Wildman–Crippen MR) is 68.8 cm³/mol. The summed E-state index contributed by atoms with van der Waals surface area (Å²) in [5, 5.41) is 2.96. The van der Waals surface area contributed by atoms with E-state index in [0.717, 1.165) is 25.7 Å². The predicted octanol–water partition coefficient (Wildman–Crippen LogP) is 2.13. The van der Waals surface area contributed by atoms with Crippen molar-refractivity contribution in [2.75, 3.05) is 0 Å². The SMILES string of the molecule is Cc1cc(F)ccc1C(=O)NC1CCCCC1N. The van der Waals surface area contributed by atoms with E-state index in [1.54, 1.807) is 6.92 Å². The van der Waals surface area contributed by atoms with Crippen molar-refractivity contribution in [2.45, 2.75) is 44.7 Å². The second-order valence-electron chi connectivity index (χ2n) is 4.99. The fourth-order valence-electron chi connectivity index (χ4n) is 2.47. The highest BCUT2D eigenvalue weighted by molar-refractivity contribution is 5.95. The Hall–Kier alpha value is -1.42. The minimum absolute atomic E-state index is 0.0310. The second-order valence-corrected chi connectivity index (χ2v) is 4.99. The molecule has 1 aliphatic carbocycles. The first-order valence-electron chi connectivity index (χ1n) is 6.40. The van der Waals surface area contributed by atoms with Crippen LogP contribution in [0.4, 0.5) is 4.39 Å². The van der Waals surface area contributed by atoms with E-state index in [4.69, 9.17) is 5.73 Å². The van der Waals surface area contributed by atoms with Gasteiger partial charge in [-0.3, -0.25) is 4.79 Å². The van der Waals surface area contributed by atoms with Crippen molar-refractivity contribution in [1.82, 2.24) is 5.32 Å². The van der Waals surface area contributed by atoms with Gasteiger partial charge in [-0.25, -0.2) is 4.39 Å². The Labute approximate surface area is 107 Å².